The van der Waals surface area contributed by atoms with E-state index in [9.17, 15) is 4.79 Å². The second-order valence-electron chi connectivity index (χ2n) is 8.27. The molecule has 0 fully saturated rings. The van der Waals surface area contributed by atoms with Crippen LogP contribution in [0.25, 0.3) is 22.2 Å². The minimum atomic E-state index is -0.277. The summed E-state index contributed by atoms with van der Waals surface area (Å²) in [5.74, 6) is 1.50. The number of pyridine rings is 2. The van der Waals surface area contributed by atoms with Crippen molar-refractivity contribution in [3.05, 3.63) is 89.5 Å². The number of fused-ring (bicyclic) bond motifs is 1. The molecule has 0 bridgehead atoms. The average Bonchev–Trinajstić information content (AvgIpc) is 3.19. The van der Waals surface area contributed by atoms with Gasteiger partial charge in [0.1, 0.15) is 17.2 Å². The van der Waals surface area contributed by atoms with E-state index < -0.39 is 0 Å². The zero-order valence-corrected chi connectivity index (χ0v) is 20.7. The second-order valence-corrected chi connectivity index (χ2v) is 8.68. The number of aromatic nitrogens is 4. The summed E-state index contributed by atoms with van der Waals surface area (Å²) in [5, 5.41) is 6.59. The normalized spacial score (nSPS) is 10.9. The number of rotatable bonds is 6. The molecule has 184 valence electrons. The minimum absolute atomic E-state index is 0. The predicted octanol–water partition coefficient (Wildman–Crippen LogP) is 6.38. The first kappa shape index (κ1) is 23.3. The van der Waals surface area contributed by atoms with E-state index in [1.54, 1.807) is 25.4 Å². The van der Waals surface area contributed by atoms with E-state index in [0.717, 1.165) is 33.4 Å². The molecule has 0 unspecified atom stereocenters. The molecule has 0 spiro atoms. The van der Waals surface area contributed by atoms with Crippen molar-refractivity contribution < 1.29 is 12.4 Å². The first-order valence-corrected chi connectivity index (χ1v) is 11.6. The number of ether oxygens (including phenoxy) is 1. The minimum Gasteiger partial charge on any atom is -0.457 e. The maximum atomic E-state index is 11.9. The van der Waals surface area contributed by atoms with Crippen LogP contribution in [0.1, 0.15) is 18.9 Å². The molecule has 0 saturated heterocycles. The van der Waals surface area contributed by atoms with E-state index >= 15 is 0 Å². The highest BCUT2D eigenvalue weighted by atomic mass is 35.5. The standard InChI is InChI=1S/C27H23ClN6O2.2H2/c1-16-10-17(15-30-14-16)21-11-18(4-6-22(21)28)32-27-33-23-12-19(5-7-25(23)34(27)3)36-20-8-9-31-24(13-20)26(35)29-2;;/h4-15H,1-3H3,(H,29,35)(H,32,33);2*1H. The van der Waals surface area contributed by atoms with Crippen molar-refractivity contribution in [3.63, 3.8) is 0 Å². The summed E-state index contributed by atoms with van der Waals surface area (Å²) in [6, 6.07) is 16.8. The number of halogens is 1. The first-order chi connectivity index (χ1) is 17.4. The Morgan fingerprint density at radius 2 is 1.89 bits per heavy atom. The quantitative estimate of drug-likeness (QED) is 0.280. The van der Waals surface area contributed by atoms with Gasteiger partial charge in [0.15, 0.2) is 0 Å². The molecule has 0 aliphatic rings. The number of carbonyl (C=O) groups excluding carboxylic acids is 1. The van der Waals surface area contributed by atoms with Crippen molar-refractivity contribution in [2.75, 3.05) is 12.4 Å². The number of imidazole rings is 1. The molecule has 8 nitrogen and oxygen atoms in total. The number of nitrogens with zero attached hydrogens (tertiary/aromatic N) is 4. The molecule has 3 heterocycles. The van der Waals surface area contributed by atoms with Crippen molar-refractivity contribution in [2.24, 2.45) is 7.05 Å². The third-order valence-electron chi connectivity index (χ3n) is 5.69. The molecule has 0 atom stereocenters. The van der Waals surface area contributed by atoms with Crippen LogP contribution in [0.3, 0.4) is 0 Å². The van der Waals surface area contributed by atoms with Crippen LogP contribution in [0.2, 0.25) is 5.02 Å². The molecule has 0 radical (unpaired) electrons. The lowest BCUT2D eigenvalue weighted by atomic mass is 10.1. The third-order valence-corrected chi connectivity index (χ3v) is 6.02. The molecular formula is C27H27ClN6O2. The van der Waals surface area contributed by atoms with Crippen LogP contribution in [0.15, 0.2) is 73.2 Å². The van der Waals surface area contributed by atoms with Crippen LogP contribution in [0, 0.1) is 6.92 Å². The number of carbonyl (C=O) groups is 1. The van der Waals surface area contributed by atoms with E-state index in [4.69, 9.17) is 21.3 Å². The monoisotopic (exact) mass is 502 g/mol. The molecule has 2 aromatic carbocycles. The lowest BCUT2D eigenvalue weighted by Crippen LogP contribution is -2.18. The third kappa shape index (κ3) is 4.71. The van der Waals surface area contributed by atoms with Crippen LogP contribution >= 0.6 is 11.6 Å². The van der Waals surface area contributed by atoms with Crippen molar-refractivity contribution in [1.29, 1.82) is 0 Å². The molecule has 36 heavy (non-hydrogen) atoms. The fourth-order valence-corrected chi connectivity index (χ4v) is 4.10. The number of benzene rings is 2. The Morgan fingerprint density at radius 3 is 2.69 bits per heavy atom. The maximum absolute atomic E-state index is 11.9. The lowest BCUT2D eigenvalue weighted by Gasteiger charge is -2.10. The summed E-state index contributed by atoms with van der Waals surface area (Å²) in [4.78, 5) is 25.0. The number of anilines is 2. The Hall–Kier alpha value is -4.43. The second kappa shape index (κ2) is 9.67. The SMILES string of the molecule is CNC(=O)c1cc(Oc2ccc3c(c2)nc(Nc2ccc(Cl)c(-c4cncc(C)c4)c2)n3C)ccn1.[HH].[HH]. The van der Waals surface area contributed by atoms with E-state index in [2.05, 4.69) is 26.7 Å². The molecule has 5 rings (SSSR count). The molecule has 9 heteroatoms. The molecule has 3 aromatic heterocycles. The van der Waals surface area contributed by atoms with Crippen LogP contribution in [-0.2, 0) is 7.05 Å². The van der Waals surface area contributed by atoms with Gasteiger partial charge >= 0.3 is 0 Å². The number of nitrogens with one attached hydrogen (secondary N) is 2. The Balaban J connectivity index is 0.00000200. The first-order valence-electron chi connectivity index (χ1n) is 11.2. The fraction of sp³-hybridized carbons (Fsp3) is 0.111. The largest absolute Gasteiger partial charge is 0.457 e. The molecule has 5 aromatic rings. The topological polar surface area (TPSA) is 94.0 Å². The molecule has 0 saturated carbocycles. The van der Waals surface area contributed by atoms with Crippen molar-refractivity contribution in [3.8, 4) is 22.6 Å². The smallest absolute Gasteiger partial charge is 0.269 e. The van der Waals surface area contributed by atoms with Crippen molar-refractivity contribution in [2.45, 2.75) is 6.92 Å². The van der Waals surface area contributed by atoms with Crippen LogP contribution < -0.4 is 15.4 Å². The van der Waals surface area contributed by atoms with Gasteiger partial charge in [0, 0.05) is 69.5 Å². The summed E-state index contributed by atoms with van der Waals surface area (Å²) in [5.41, 5.74) is 5.73. The van der Waals surface area contributed by atoms with E-state index in [1.165, 1.54) is 6.20 Å². The van der Waals surface area contributed by atoms with Gasteiger partial charge < -0.3 is 19.9 Å². The predicted molar refractivity (Wildman–Crippen MR) is 145 cm³/mol. The number of amides is 1. The van der Waals surface area contributed by atoms with Gasteiger partial charge in [-0.3, -0.25) is 14.8 Å². The summed E-state index contributed by atoms with van der Waals surface area (Å²) in [7, 11) is 3.50. The molecule has 1 amide bonds. The zero-order valence-electron chi connectivity index (χ0n) is 19.9. The summed E-state index contributed by atoms with van der Waals surface area (Å²) < 4.78 is 7.94. The Morgan fingerprint density at radius 1 is 1.06 bits per heavy atom. The Bertz CT molecular complexity index is 1610. The highest BCUT2D eigenvalue weighted by molar-refractivity contribution is 6.33. The highest BCUT2D eigenvalue weighted by Gasteiger charge is 2.12. The van der Waals surface area contributed by atoms with E-state index in [0.29, 0.717) is 22.5 Å². The summed E-state index contributed by atoms with van der Waals surface area (Å²) >= 11 is 6.48. The fourth-order valence-electron chi connectivity index (χ4n) is 3.87. The van der Waals surface area contributed by atoms with Crippen LogP contribution in [-0.4, -0.2) is 32.5 Å². The van der Waals surface area contributed by atoms with E-state index in [1.807, 2.05) is 61.1 Å². The van der Waals surface area contributed by atoms with Gasteiger partial charge in [-0.1, -0.05) is 11.6 Å². The summed E-state index contributed by atoms with van der Waals surface area (Å²) in [6.07, 6.45) is 5.15. The average molecular weight is 503 g/mol. The number of hydrogen-bond acceptors (Lipinski definition) is 6. The lowest BCUT2D eigenvalue weighted by molar-refractivity contribution is 0.0958. The molecule has 0 aliphatic carbocycles. The maximum Gasteiger partial charge on any atom is 0.269 e. The molecular weight excluding hydrogens is 476 g/mol. The van der Waals surface area contributed by atoms with Crippen LogP contribution in [0.5, 0.6) is 11.5 Å². The number of hydrogen-bond donors (Lipinski definition) is 2. The summed E-state index contributed by atoms with van der Waals surface area (Å²) in [6.45, 7) is 2.00. The van der Waals surface area contributed by atoms with Gasteiger partial charge in [0.25, 0.3) is 5.91 Å². The number of aryl methyl sites for hydroxylation is 2. The van der Waals surface area contributed by atoms with Gasteiger partial charge in [-0.25, -0.2) is 4.98 Å². The van der Waals surface area contributed by atoms with Gasteiger partial charge in [-0.15, -0.1) is 0 Å². The van der Waals surface area contributed by atoms with E-state index in [-0.39, 0.29) is 14.5 Å². The van der Waals surface area contributed by atoms with Crippen LogP contribution in [0.4, 0.5) is 11.6 Å². The van der Waals surface area contributed by atoms with Gasteiger partial charge in [-0.05, 0) is 55.0 Å². The molecule has 0 aliphatic heterocycles. The van der Waals surface area contributed by atoms with Gasteiger partial charge in [0.2, 0.25) is 5.95 Å². The van der Waals surface area contributed by atoms with Gasteiger partial charge in [0.05, 0.1) is 11.0 Å². The highest BCUT2D eigenvalue weighted by Crippen LogP contribution is 2.33. The Labute approximate surface area is 215 Å². The molecule has 2 N–H and O–H groups in total. The Kier molecular flexibility index (Phi) is 6.26. The van der Waals surface area contributed by atoms with Crippen molar-refractivity contribution in [1.82, 2.24) is 24.8 Å². The van der Waals surface area contributed by atoms with Gasteiger partial charge in [-0.2, -0.15) is 0 Å². The zero-order chi connectivity index (χ0) is 25.2. The van der Waals surface area contributed by atoms with Crippen molar-refractivity contribution >= 4 is 40.2 Å².